The third kappa shape index (κ3) is 6.00. The molecule has 0 bridgehead atoms. The number of aryl methyl sites for hydroxylation is 2. The van der Waals surface area contributed by atoms with E-state index in [0.29, 0.717) is 17.8 Å². The number of hydrogen-bond donors (Lipinski definition) is 3. The van der Waals surface area contributed by atoms with Crippen LogP contribution in [0.4, 0.5) is 0 Å². The lowest BCUT2D eigenvalue weighted by Gasteiger charge is -2.14. The Balaban J connectivity index is 0.000000258. The van der Waals surface area contributed by atoms with Crippen LogP contribution in [0.5, 0.6) is 5.88 Å². The smallest absolute Gasteiger partial charge is 0.336 e. The van der Waals surface area contributed by atoms with Crippen LogP contribution in [0.15, 0.2) is 24.5 Å². The highest BCUT2D eigenvalue weighted by Crippen LogP contribution is 2.24. The van der Waals surface area contributed by atoms with Gasteiger partial charge in [0.2, 0.25) is 5.88 Å². The number of aromatic carboxylic acids is 2. The van der Waals surface area contributed by atoms with Crippen LogP contribution in [0, 0.1) is 6.92 Å². The van der Waals surface area contributed by atoms with E-state index in [9.17, 15) is 19.8 Å². The van der Waals surface area contributed by atoms with E-state index in [0.717, 1.165) is 43.4 Å². The van der Waals surface area contributed by atoms with Gasteiger partial charge in [0.05, 0.1) is 11.1 Å². The van der Waals surface area contributed by atoms with E-state index >= 15 is 0 Å². The Kier molecular flexibility index (Phi) is 8.48. The lowest BCUT2D eigenvalue weighted by atomic mass is 9.90. The van der Waals surface area contributed by atoms with Gasteiger partial charge in [0.1, 0.15) is 6.33 Å². The molecule has 0 aliphatic rings. The minimum atomic E-state index is -1.18. The molecular formula is C22H28N4O5. The molecular weight excluding hydrogens is 400 g/mol. The van der Waals surface area contributed by atoms with Gasteiger partial charge in [-0.1, -0.05) is 32.8 Å². The topological polar surface area (TPSA) is 138 Å². The number of benzene rings is 1. The van der Waals surface area contributed by atoms with Crippen molar-refractivity contribution in [2.24, 2.45) is 0 Å². The van der Waals surface area contributed by atoms with Crippen molar-refractivity contribution < 1.29 is 24.9 Å². The quantitative estimate of drug-likeness (QED) is 0.491. The van der Waals surface area contributed by atoms with Gasteiger partial charge in [-0.3, -0.25) is 0 Å². The van der Waals surface area contributed by atoms with E-state index in [-0.39, 0.29) is 17.0 Å². The Morgan fingerprint density at radius 2 is 1.71 bits per heavy atom. The van der Waals surface area contributed by atoms with Gasteiger partial charge in [-0.2, -0.15) is 14.6 Å². The van der Waals surface area contributed by atoms with Crippen molar-refractivity contribution in [3.05, 3.63) is 52.5 Å². The lowest BCUT2D eigenvalue weighted by Crippen LogP contribution is -2.14. The number of hydrogen-bond acceptors (Lipinski definition) is 6. The fraction of sp³-hybridized carbons (Fsp3) is 0.409. The number of fused-ring (bicyclic) bond motifs is 1. The van der Waals surface area contributed by atoms with Crippen LogP contribution in [0.3, 0.4) is 0 Å². The Morgan fingerprint density at radius 3 is 2.32 bits per heavy atom. The van der Waals surface area contributed by atoms with Gasteiger partial charge in [-0.25, -0.2) is 14.6 Å². The van der Waals surface area contributed by atoms with Crippen LogP contribution in [0.25, 0.3) is 5.78 Å². The molecule has 166 valence electrons. The number of carbonyl (C=O) groups is 2. The highest BCUT2D eigenvalue weighted by molar-refractivity contribution is 6.03. The Bertz CT molecular complexity index is 1060. The molecule has 3 N–H and O–H groups in total. The summed E-state index contributed by atoms with van der Waals surface area (Å²) in [6.07, 6.45) is 6.59. The monoisotopic (exact) mass is 428 g/mol. The van der Waals surface area contributed by atoms with Crippen molar-refractivity contribution in [2.45, 2.75) is 59.3 Å². The maximum atomic E-state index is 11.5. The molecule has 0 unspecified atom stereocenters. The minimum Gasteiger partial charge on any atom is -0.493 e. The minimum absolute atomic E-state index is 0.0282. The van der Waals surface area contributed by atoms with Crippen molar-refractivity contribution in [1.29, 1.82) is 0 Å². The highest BCUT2D eigenvalue weighted by Gasteiger charge is 2.22. The van der Waals surface area contributed by atoms with Gasteiger partial charge >= 0.3 is 11.9 Å². The van der Waals surface area contributed by atoms with Crippen LogP contribution in [-0.4, -0.2) is 46.8 Å². The number of carboxylic acids is 2. The highest BCUT2D eigenvalue weighted by atomic mass is 16.4. The summed E-state index contributed by atoms with van der Waals surface area (Å²) in [5.74, 6) is -1.85. The molecule has 9 nitrogen and oxygen atoms in total. The second-order valence-corrected chi connectivity index (χ2v) is 7.17. The maximum absolute atomic E-state index is 11.5. The van der Waals surface area contributed by atoms with E-state index < -0.39 is 11.9 Å². The average molecular weight is 428 g/mol. The Morgan fingerprint density at radius 1 is 1.03 bits per heavy atom. The van der Waals surface area contributed by atoms with Crippen molar-refractivity contribution >= 4 is 17.7 Å². The van der Waals surface area contributed by atoms with E-state index in [1.807, 2.05) is 6.92 Å². The summed E-state index contributed by atoms with van der Waals surface area (Å²) in [6, 6.07) is 4.73. The zero-order valence-electron chi connectivity index (χ0n) is 18.0. The number of unbranched alkanes of at least 4 members (excludes halogenated alkanes) is 2. The SMILES string of the molecule is CCCCc1ccc(C(=O)O)c(C(=O)O)c1CCCC.Cc1cc(O)n2ncnc2n1. The Labute approximate surface area is 180 Å². The largest absolute Gasteiger partial charge is 0.493 e. The summed E-state index contributed by atoms with van der Waals surface area (Å²) in [6.45, 7) is 5.90. The first-order valence-corrected chi connectivity index (χ1v) is 10.3. The van der Waals surface area contributed by atoms with Crippen molar-refractivity contribution in [3.8, 4) is 5.88 Å². The molecule has 1 aromatic carbocycles. The molecule has 2 heterocycles. The first-order valence-electron chi connectivity index (χ1n) is 10.3. The standard InChI is InChI=1S/C16H22O4.C6H6N4O/c1-3-5-7-11-9-10-13(15(17)18)14(16(19)20)12(11)8-6-4-2;1-4-2-5(11)10-6(9-4)7-3-8-10/h9-10H,3-8H2,1-2H3,(H,17,18)(H,19,20);2-3,11H,1H3. The fourth-order valence-electron chi connectivity index (χ4n) is 3.27. The predicted molar refractivity (Wildman–Crippen MR) is 115 cm³/mol. The normalized spacial score (nSPS) is 10.5. The summed E-state index contributed by atoms with van der Waals surface area (Å²) in [7, 11) is 0. The molecule has 9 heteroatoms. The first-order chi connectivity index (χ1) is 14.8. The molecule has 3 rings (SSSR count). The number of nitrogens with zero attached hydrogens (tertiary/aromatic N) is 4. The van der Waals surface area contributed by atoms with Gasteiger partial charge in [0.15, 0.2) is 0 Å². The Hall–Kier alpha value is -3.49. The van der Waals surface area contributed by atoms with Crippen LogP contribution in [-0.2, 0) is 12.8 Å². The lowest BCUT2D eigenvalue weighted by molar-refractivity contribution is 0.0650. The van der Waals surface area contributed by atoms with Crippen molar-refractivity contribution in [2.75, 3.05) is 0 Å². The van der Waals surface area contributed by atoms with Crippen molar-refractivity contribution in [3.63, 3.8) is 0 Å². The summed E-state index contributed by atoms with van der Waals surface area (Å²) in [5.41, 5.74) is 2.27. The van der Waals surface area contributed by atoms with Gasteiger partial charge < -0.3 is 15.3 Å². The third-order valence-corrected chi connectivity index (χ3v) is 4.80. The zero-order chi connectivity index (χ0) is 23.0. The van der Waals surface area contributed by atoms with Gasteiger partial charge in [0, 0.05) is 11.8 Å². The summed E-state index contributed by atoms with van der Waals surface area (Å²) in [5, 5.41) is 31.6. The molecule has 0 spiro atoms. The summed E-state index contributed by atoms with van der Waals surface area (Å²) >= 11 is 0. The zero-order valence-corrected chi connectivity index (χ0v) is 18.0. The molecule has 0 saturated carbocycles. The van der Waals surface area contributed by atoms with Gasteiger partial charge in [-0.15, -0.1) is 0 Å². The van der Waals surface area contributed by atoms with E-state index in [1.165, 1.54) is 23.0 Å². The van der Waals surface area contributed by atoms with E-state index in [2.05, 4.69) is 22.0 Å². The van der Waals surface area contributed by atoms with Crippen LogP contribution < -0.4 is 0 Å². The number of carboxylic acid groups (broad SMARTS) is 2. The molecule has 0 amide bonds. The second-order valence-electron chi connectivity index (χ2n) is 7.17. The third-order valence-electron chi connectivity index (χ3n) is 4.80. The maximum Gasteiger partial charge on any atom is 0.336 e. The molecule has 0 fully saturated rings. The fourth-order valence-corrected chi connectivity index (χ4v) is 3.27. The number of rotatable bonds is 8. The molecule has 0 radical (unpaired) electrons. The van der Waals surface area contributed by atoms with Crippen LogP contribution >= 0.6 is 0 Å². The average Bonchev–Trinajstić information content (AvgIpc) is 3.19. The summed E-state index contributed by atoms with van der Waals surface area (Å²) < 4.78 is 1.27. The number of aromatic hydroxyl groups is 1. The molecule has 0 aliphatic carbocycles. The molecule has 2 aromatic heterocycles. The summed E-state index contributed by atoms with van der Waals surface area (Å²) in [4.78, 5) is 30.5. The van der Waals surface area contributed by atoms with Crippen LogP contribution in [0.2, 0.25) is 0 Å². The first kappa shape index (κ1) is 23.8. The molecule has 0 aliphatic heterocycles. The predicted octanol–water partition coefficient (Wildman–Crippen LogP) is 3.91. The number of aromatic nitrogens is 4. The second kappa shape index (κ2) is 11.1. The van der Waals surface area contributed by atoms with Crippen molar-refractivity contribution in [1.82, 2.24) is 19.6 Å². The van der Waals surface area contributed by atoms with Gasteiger partial charge in [-0.05, 0) is 49.8 Å². The van der Waals surface area contributed by atoms with E-state index in [4.69, 9.17) is 5.11 Å². The molecule has 31 heavy (non-hydrogen) atoms. The van der Waals surface area contributed by atoms with Gasteiger partial charge in [0.25, 0.3) is 5.78 Å². The molecule has 0 atom stereocenters. The molecule has 0 saturated heterocycles. The van der Waals surface area contributed by atoms with E-state index in [1.54, 1.807) is 13.0 Å². The molecule has 3 aromatic rings. The van der Waals surface area contributed by atoms with Crippen LogP contribution in [0.1, 0.15) is 77.1 Å².